The van der Waals surface area contributed by atoms with E-state index < -0.39 is 30.0 Å². The zero-order chi connectivity index (χ0) is 27.9. The number of carbonyl (C=O) groups is 1. The molecule has 0 radical (unpaired) electrons. The number of alkyl halides is 2. The van der Waals surface area contributed by atoms with Crippen LogP contribution in [0, 0.1) is 0 Å². The second-order valence-corrected chi connectivity index (χ2v) is 10.4. The van der Waals surface area contributed by atoms with E-state index in [1.807, 2.05) is 30.6 Å². The molecule has 1 N–H and O–H groups in total. The van der Waals surface area contributed by atoms with Crippen molar-refractivity contribution in [1.29, 1.82) is 0 Å². The average molecular weight is 547 g/mol. The smallest absolute Gasteiger partial charge is 0.409 e. The van der Waals surface area contributed by atoms with Crippen LogP contribution in [0.15, 0.2) is 18.2 Å². The highest BCUT2D eigenvalue weighted by Crippen LogP contribution is 2.34. The standard InChI is InChI=1S/C25H32F2N8O4/c1-25(2,3)35(24(36)37)17-9-6-10-33(17)22-29-21(32-11-13-39-14-12-32)30-23(31-22)34-15-7-5-8-16(38-4)18(15)28-20(34)19(26)27/h5,7-8,17,19H,6,9-14H2,1-4H3,(H,36,37). The number of morpholine rings is 1. The van der Waals surface area contributed by atoms with Gasteiger partial charge in [0.2, 0.25) is 17.8 Å². The van der Waals surface area contributed by atoms with Crippen LogP contribution in [0.5, 0.6) is 5.75 Å². The minimum absolute atomic E-state index is 0.0316. The van der Waals surface area contributed by atoms with Crippen molar-refractivity contribution in [3.05, 3.63) is 24.0 Å². The molecule has 210 valence electrons. The number of hydrogen-bond acceptors (Lipinski definition) is 9. The maximum absolute atomic E-state index is 14.3. The number of methoxy groups -OCH3 is 1. The molecule has 3 aromatic rings. The fraction of sp³-hybridized carbons (Fsp3) is 0.560. The second-order valence-electron chi connectivity index (χ2n) is 10.4. The molecule has 1 amide bonds. The maximum atomic E-state index is 14.3. The minimum atomic E-state index is -2.92. The molecule has 2 aliphatic rings. The predicted molar refractivity (Wildman–Crippen MR) is 139 cm³/mol. The molecular formula is C25H32F2N8O4. The highest BCUT2D eigenvalue weighted by Gasteiger charge is 2.41. The number of amides is 1. The van der Waals surface area contributed by atoms with Gasteiger partial charge in [-0.25, -0.2) is 18.6 Å². The van der Waals surface area contributed by atoms with Crippen molar-refractivity contribution in [3.8, 4) is 11.7 Å². The van der Waals surface area contributed by atoms with Crippen molar-refractivity contribution in [2.45, 2.75) is 51.7 Å². The average Bonchev–Trinajstić information content (AvgIpc) is 3.53. The minimum Gasteiger partial charge on any atom is -0.494 e. The Morgan fingerprint density at radius 2 is 1.79 bits per heavy atom. The SMILES string of the molecule is COc1cccc2c1nc(C(F)F)n2-c1nc(N2CCOCC2)nc(N2CCCC2N(C(=O)O)C(C)(C)C)n1. The number of hydrogen-bond donors (Lipinski definition) is 1. The van der Waals surface area contributed by atoms with Gasteiger partial charge < -0.3 is 24.4 Å². The van der Waals surface area contributed by atoms with E-state index in [2.05, 4.69) is 15.0 Å². The number of halogens is 2. The molecule has 2 aliphatic heterocycles. The largest absolute Gasteiger partial charge is 0.494 e. The van der Waals surface area contributed by atoms with Gasteiger partial charge in [-0.05, 0) is 45.7 Å². The molecule has 1 unspecified atom stereocenters. The van der Waals surface area contributed by atoms with Gasteiger partial charge in [0.15, 0.2) is 5.82 Å². The number of para-hydroxylation sites is 1. The number of imidazole rings is 1. The van der Waals surface area contributed by atoms with Crippen LogP contribution in [0.25, 0.3) is 17.0 Å². The number of carboxylic acid groups (broad SMARTS) is 1. The van der Waals surface area contributed by atoms with E-state index in [1.54, 1.807) is 18.2 Å². The fourth-order valence-corrected chi connectivity index (χ4v) is 5.20. The van der Waals surface area contributed by atoms with Crippen LogP contribution in [-0.4, -0.2) is 92.3 Å². The van der Waals surface area contributed by atoms with Gasteiger partial charge in [0.25, 0.3) is 6.43 Å². The number of fused-ring (bicyclic) bond motifs is 1. The molecule has 1 atom stereocenters. The number of aromatic nitrogens is 5. The predicted octanol–water partition coefficient (Wildman–Crippen LogP) is 3.70. The summed E-state index contributed by atoms with van der Waals surface area (Å²) in [5.41, 5.74) is -0.0781. The molecule has 12 nitrogen and oxygen atoms in total. The summed E-state index contributed by atoms with van der Waals surface area (Å²) < 4.78 is 40.7. The van der Waals surface area contributed by atoms with Crippen LogP contribution in [-0.2, 0) is 4.74 Å². The molecule has 2 fully saturated rings. The first-order valence-corrected chi connectivity index (χ1v) is 12.8. The Hall–Kier alpha value is -3.81. The Morgan fingerprint density at radius 1 is 1.10 bits per heavy atom. The second kappa shape index (κ2) is 10.4. The quantitative estimate of drug-likeness (QED) is 0.490. The highest BCUT2D eigenvalue weighted by molar-refractivity contribution is 5.84. The third-order valence-electron chi connectivity index (χ3n) is 6.89. The third kappa shape index (κ3) is 5.00. The molecule has 2 saturated heterocycles. The van der Waals surface area contributed by atoms with Crippen LogP contribution < -0.4 is 14.5 Å². The molecular weight excluding hydrogens is 514 g/mol. The fourth-order valence-electron chi connectivity index (χ4n) is 5.20. The molecule has 0 saturated carbocycles. The summed E-state index contributed by atoms with van der Waals surface area (Å²) in [6.45, 7) is 7.93. The highest BCUT2D eigenvalue weighted by atomic mass is 19.3. The van der Waals surface area contributed by atoms with Gasteiger partial charge in [-0.3, -0.25) is 9.47 Å². The molecule has 0 aliphatic carbocycles. The van der Waals surface area contributed by atoms with Crippen LogP contribution in [0.3, 0.4) is 0 Å². The molecule has 39 heavy (non-hydrogen) atoms. The van der Waals surface area contributed by atoms with Gasteiger partial charge in [-0.15, -0.1) is 0 Å². The van der Waals surface area contributed by atoms with E-state index in [0.29, 0.717) is 62.9 Å². The Balaban J connectivity index is 1.70. The lowest BCUT2D eigenvalue weighted by atomic mass is 10.1. The Labute approximate surface area is 224 Å². The summed E-state index contributed by atoms with van der Waals surface area (Å²) in [4.78, 5) is 35.6. The number of nitrogens with zero attached hydrogens (tertiary/aromatic N) is 8. The van der Waals surface area contributed by atoms with Crippen LogP contribution >= 0.6 is 0 Å². The van der Waals surface area contributed by atoms with E-state index in [-0.39, 0.29) is 17.4 Å². The van der Waals surface area contributed by atoms with Crippen LogP contribution in [0.4, 0.5) is 25.5 Å². The summed E-state index contributed by atoms with van der Waals surface area (Å²) in [5, 5.41) is 10.1. The zero-order valence-electron chi connectivity index (χ0n) is 22.3. The van der Waals surface area contributed by atoms with Gasteiger partial charge in [-0.1, -0.05) is 6.07 Å². The number of rotatable bonds is 6. The Kier molecular flexibility index (Phi) is 7.14. The summed E-state index contributed by atoms with van der Waals surface area (Å²) in [5.74, 6) is 0.295. The summed E-state index contributed by atoms with van der Waals surface area (Å²) in [7, 11) is 1.45. The molecule has 0 spiro atoms. The number of anilines is 2. The van der Waals surface area contributed by atoms with Crippen molar-refractivity contribution >= 4 is 29.0 Å². The lowest BCUT2D eigenvalue weighted by Gasteiger charge is -2.41. The van der Waals surface area contributed by atoms with Crippen molar-refractivity contribution in [2.75, 3.05) is 49.8 Å². The van der Waals surface area contributed by atoms with E-state index in [1.165, 1.54) is 16.6 Å². The van der Waals surface area contributed by atoms with E-state index in [0.717, 1.165) is 0 Å². The molecule has 4 heterocycles. The lowest BCUT2D eigenvalue weighted by Crippen LogP contribution is -2.56. The van der Waals surface area contributed by atoms with E-state index in [9.17, 15) is 18.7 Å². The molecule has 2 aromatic heterocycles. The molecule has 0 bridgehead atoms. The van der Waals surface area contributed by atoms with Crippen molar-refractivity contribution < 1.29 is 28.2 Å². The number of benzene rings is 1. The monoisotopic (exact) mass is 546 g/mol. The normalized spacial score (nSPS) is 18.3. The molecule has 5 rings (SSSR count). The molecule has 14 heteroatoms. The summed E-state index contributed by atoms with van der Waals surface area (Å²) in [6, 6.07) is 4.98. The Bertz CT molecular complexity index is 1360. The van der Waals surface area contributed by atoms with Gasteiger partial charge >= 0.3 is 6.09 Å². The first-order valence-electron chi connectivity index (χ1n) is 12.8. The summed E-state index contributed by atoms with van der Waals surface area (Å²) in [6.07, 6.45) is -3.23. The number of ether oxygens (including phenoxy) is 2. The first-order chi connectivity index (χ1) is 18.6. The van der Waals surface area contributed by atoms with Crippen LogP contribution in [0.1, 0.15) is 45.9 Å². The lowest BCUT2D eigenvalue weighted by molar-refractivity contribution is 0.0725. The zero-order valence-corrected chi connectivity index (χ0v) is 22.3. The van der Waals surface area contributed by atoms with Gasteiger partial charge in [0, 0.05) is 25.2 Å². The third-order valence-corrected chi connectivity index (χ3v) is 6.89. The van der Waals surface area contributed by atoms with Gasteiger partial charge in [0.1, 0.15) is 17.4 Å². The van der Waals surface area contributed by atoms with Gasteiger partial charge in [0.05, 0.1) is 25.8 Å². The summed E-state index contributed by atoms with van der Waals surface area (Å²) >= 11 is 0. The molecule has 1 aromatic carbocycles. The van der Waals surface area contributed by atoms with E-state index in [4.69, 9.17) is 14.5 Å². The Morgan fingerprint density at radius 3 is 2.44 bits per heavy atom. The first kappa shape index (κ1) is 26.8. The topological polar surface area (TPSA) is 122 Å². The van der Waals surface area contributed by atoms with E-state index >= 15 is 0 Å². The van der Waals surface area contributed by atoms with Gasteiger partial charge in [-0.2, -0.15) is 15.0 Å². The van der Waals surface area contributed by atoms with Crippen LogP contribution in [0.2, 0.25) is 0 Å². The van der Waals surface area contributed by atoms with Crippen molar-refractivity contribution in [2.24, 2.45) is 0 Å². The van der Waals surface area contributed by atoms with Crippen molar-refractivity contribution in [1.82, 2.24) is 29.4 Å². The maximum Gasteiger partial charge on any atom is 0.409 e. The van der Waals surface area contributed by atoms with Crippen molar-refractivity contribution in [3.63, 3.8) is 0 Å².